The van der Waals surface area contributed by atoms with Gasteiger partial charge in [-0.3, -0.25) is 4.98 Å². The minimum Gasteiger partial charge on any atom is -0.493 e. The Labute approximate surface area is 188 Å². The number of ether oxygens (including phenoxy) is 2. The smallest absolute Gasteiger partial charge is 0.161 e. The zero-order valence-electron chi connectivity index (χ0n) is 18.5. The topological polar surface area (TPSA) is 68.3 Å². The van der Waals surface area contributed by atoms with Crippen molar-refractivity contribution in [2.75, 3.05) is 31.4 Å². The second-order valence-corrected chi connectivity index (χ2v) is 7.51. The van der Waals surface area contributed by atoms with Crippen molar-refractivity contribution in [3.63, 3.8) is 0 Å². The van der Waals surface area contributed by atoms with Crippen LogP contribution in [0.25, 0.3) is 10.9 Å². The molecule has 0 amide bonds. The average Bonchev–Trinajstić information content (AvgIpc) is 2.85. The highest BCUT2D eigenvalue weighted by molar-refractivity contribution is 5.92. The molecule has 4 aromatic rings. The number of rotatable bonds is 10. The molecule has 6 heteroatoms. The largest absolute Gasteiger partial charge is 0.493 e. The molecule has 0 aliphatic carbocycles. The zero-order chi connectivity index (χ0) is 22.2. The summed E-state index contributed by atoms with van der Waals surface area (Å²) >= 11 is 0. The maximum atomic E-state index is 5.42. The lowest BCUT2D eigenvalue weighted by Crippen LogP contribution is -2.07. The van der Waals surface area contributed by atoms with Crippen LogP contribution in [0.2, 0.25) is 0 Å². The number of nitrogens with zero attached hydrogens (tertiary/aromatic N) is 2. The molecule has 2 aromatic carbocycles. The molecule has 0 saturated heterocycles. The van der Waals surface area contributed by atoms with Gasteiger partial charge in [-0.15, -0.1) is 0 Å². The van der Waals surface area contributed by atoms with E-state index in [4.69, 9.17) is 14.5 Å². The number of hydrogen-bond acceptors (Lipinski definition) is 6. The molecule has 0 aliphatic rings. The van der Waals surface area contributed by atoms with E-state index in [1.165, 1.54) is 5.56 Å². The third-order valence-electron chi connectivity index (χ3n) is 5.33. The molecule has 0 aliphatic heterocycles. The predicted octanol–water partition coefficient (Wildman–Crippen LogP) is 5.30. The summed E-state index contributed by atoms with van der Waals surface area (Å²) in [6.07, 6.45) is 5.69. The third-order valence-corrected chi connectivity index (χ3v) is 5.33. The quantitative estimate of drug-likeness (QED) is 0.334. The van der Waals surface area contributed by atoms with Gasteiger partial charge < -0.3 is 20.1 Å². The molecule has 164 valence electrons. The Balaban J connectivity index is 1.46. The van der Waals surface area contributed by atoms with E-state index in [0.717, 1.165) is 53.1 Å². The van der Waals surface area contributed by atoms with Crippen LogP contribution < -0.4 is 20.1 Å². The Morgan fingerprint density at radius 1 is 0.844 bits per heavy atom. The first kappa shape index (κ1) is 21.4. The summed E-state index contributed by atoms with van der Waals surface area (Å²) in [5.41, 5.74) is 4.34. The van der Waals surface area contributed by atoms with Crippen LogP contribution in [0.3, 0.4) is 0 Å². The minimum absolute atomic E-state index is 0.641. The highest BCUT2D eigenvalue weighted by atomic mass is 16.5. The highest BCUT2D eigenvalue weighted by Gasteiger charge is 2.08. The monoisotopic (exact) mass is 428 g/mol. The fourth-order valence-corrected chi connectivity index (χ4v) is 3.65. The van der Waals surface area contributed by atoms with Crippen molar-refractivity contribution in [2.24, 2.45) is 0 Å². The molecule has 0 saturated carbocycles. The maximum absolute atomic E-state index is 5.42. The van der Waals surface area contributed by atoms with Gasteiger partial charge >= 0.3 is 0 Å². The minimum atomic E-state index is 0.641. The van der Waals surface area contributed by atoms with Crippen LogP contribution in [0.1, 0.15) is 17.5 Å². The molecule has 0 radical (unpaired) electrons. The number of hydrogen-bond donors (Lipinski definition) is 2. The SMILES string of the molecule is COc1ccc(CNc2cc(NCCCc3ccccc3)nc3ccncc23)cc1OC. The van der Waals surface area contributed by atoms with E-state index >= 15 is 0 Å². The van der Waals surface area contributed by atoms with E-state index in [1.807, 2.05) is 42.6 Å². The molecule has 0 fully saturated rings. The van der Waals surface area contributed by atoms with Crippen molar-refractivity contribution in [2.45, 2.75) is 19.4 Å². The van der Waals surface area contributed by atoms with Gasteiger partial charge in [0.05, 0.1) is 19.7 Å². The Morgan fingerprint density at radius 3 is 2.50 bits per heavy atom. The first-order valence-electron chi connectivity index (χ1n) is 10.7. The molecule has 2 aromatic heterocycles. The number of pyridine rings is 2. The summed E-state index contributed by atoms with van der Waals surface area (Å²) in [6.45, 7) is 1.50. The molecule has 0 spiro atoms. The summed E-state index contributed by atoms with van der Waals surface area (Å²) in [6, 6.07) is 20.5. The normalized spacial score (nSPS) is 10.7. The highest BCUT2D eigenvalue weighted by Crippen LogP contribution is 2.29. The van der Waals surface area contributed by atoms with Gasteiger partial charge in [-0.1, -0.05) is 36.4 Å². The number of benzene rings is 2. The Hall–Kier alpha value is -3.80. The van der Waals surface area contributed by atoms with Crippen molar-refractivity contribution in [1.29, 1.82) is 0 Å². The third kappa shape index (κ3) is 5.27. The molecule has 4 rings (SSSR count). The van der Waals surface area contributed by atoms with Crippen LogP contribution in [0, 0.1) is 0 Å². The van der Waals surface area contributed by atoms with Crippen molar-refractivity contribution in [3.8, 4) is 11.5 Å². The Bertz CT molecular complexity index is 1170. The molecule has 2 heterocycles. The van der Waals surface area contributed by atoms with Gasteiger partial charge in [0.2, 0.25) is 0 Å². The fraction of sp³-hybridized carbons (Fsp3) is 0.231. The number of nitrogens with one attached hydrogen (secondary N) is 2. The second kappa shape index (κ2) is 10.5. The van der Waals surface area contributed by atoms with Crippen LogP contribution in [-0.2, 0) is 13.0 Å². The van der Waals surface area contributed by atoms with Gasteiger partial charge in [0.15, 0.2) is 11.5 Å². The van der Waals surface area contributed by atoms with Gasteiger partial charge in [0.1, 0.15) is 5.82 Å². The van der Waals surface area contributed by atoms with Crippen molar-refractivity contribution >= 4 is 22.4 Å². The van der Waals surface area contributed by atoms with Crippen LogP contribution in [-0.4, -0.2) is 30.7 Å². The number of methoxy groups -OCH3 is 2. The van der Waals surface area contributed by atoms with E-state index in [9.17, 15) is 0 Å². The predicted molar refractivity (Wildman–Crippen MR) is 130 cm³/mol. The van der Waals surface area contributed by atoms with Crippen LogP contribution >= 0.6 is 0 Å². The number of fused-ring (bicyclic) bond motifs is 1. The van der Waals surface area contributed by atoms with Crippen LogP contribution in [0.5, 0.6) is 11.5 Å². The van der Waals surface area contributed by atoms with Gasteiger partial charge in [-0.2, -0.15) is 0 Å². The molecule has 0 atom stereocenters. The van der Waals surface area contributed by atoms with E-state index in [1.54, 1.807) is 20.4 Å². The van der Waals surface area contributed by atoms with Crippen molar-refractivity contribution in [1.82, 2.24) is 9.97 Å². The van der Waals surface area contributed by atoms with Crippen molar-refractivity contribution in [3.05, 3.63) is 84.2 Å². The number of aromatic nitrogens is 2. The molecular formula is C26H28N4O2. The molecule has 0 bridgehead atoms. The standard InChI is InChI=1S/C26H28N4O2/c1-31-24-11-10-20(15-25(24)32-2)17-29-23-16-26(30-22-12-14-27-18-21(22)23)28-13-6-9-19-7-4-3-5-8-19/h3-5,7-8,10-12,14-16,18H,6,9,13,17H2,1-2H3,(H2,28,29,30). The fourth-order valence-electron chi connectivity index (χ4n) is 3.65. The zero-order valence-corrected chi connectivity index (χ0v) is 18.5. The Kier molecular flexibility index (Phi) is 7.02. The van der Waals surface area contributed by atoms with Crippen molar-refractivity contribution < 1.29 is 9.47 Å². The van der Waals surface area contributed by atoms with Crippen LogP contribution in [0.4, 0.5) is 11.5 Å². The van der Waals surface area contributed by atoms with Crippen LogP contribution in [0.15, 0.2) is 73.1 Å². The Morgan fingerprint density at radius 2 is 1.69 bits per heavy atom. The molecule has 32 heavy (non-hydrogen) atoms. The summed E-state index contributed by atoms with van der Waals surface area (Å²) < 4.78 is 10.8. The molecule has 6 nitrogen and oxygen atoms in total. The van der Waals surface area contributed by atoms with E-state index < -0.39 is 0 Å². The van der Waals surface area contributed by atoms with E-state index in [-0.39, 0.29) is 0 Å². The van der Waals surface area contributed by atoms with Gasteiger partial charge in [0.25, 0.3) is 0 Å². The molecule has 0 unspecified atom stereocenters. The summed E-state index contributed by atoms with van der Waals surface area (Å²) in [5.74, 6) is 2.29. The maximum Gasteiger partial charge on any atom is 0.161 e. The lowest BCUT2D eigenvalue weighted by molar-refractivity contribution is 0.354. The van der Waals surface area contributed by atoms with E-state index in [2.05, 4.69) is 39.9 Å². The second-order valence-electron chi connectivity index (χ2n) is 7.51. The summed E-state index contributed by atoms with van der Waals surface area (Å²) in [7, 11) is 3.28. The first-order valence-corrected chi connectivity index (χ1v) is 10.7. The van der Waals surface area contributed by atoms with Gasteiger partial charge in [0, 0.05) is 42.6 Å². The van der Waals surface area contributed by atoms with Gasteiger partial charge in [-0.25, -0.2) is 4.98 Å². The molecular weight excluding hydrogens is 400 g/mol. The summed E-state index contributed by atoms with van der Waals surface area (Å²) in [5, 5.41) is 7.99. The average molecular weight is 429 g/mol. The van der Waals surface area contributed by atoms with E-state index in [0.29, 0.717) is 12.3 Å². The lowest BCUT2D eigenvalue weighted by atomic mass is 10.1. The number of anilines is 2. The molecule has 2 N–H and O–H groups in total. The first-order chi connectivity index (χ1) is 15.8. The summed E-state index contributed by atoms with van der Waals surface area (Å²) in [4.78, 5) is 9.04. The van der Waals surface area contributed by atoms with Gasteiger partial charge in [-0.05, 0) is 42.2 Å². The lowest BCUT2D eigenvalue weighted by Gasteiger charge is -2.14. The number of aryl methyl sites for hydroxylation is 1.